The van der Waals surface area contributed by atoms with Crippen LogP contribution in [0.3, 0.4) is 0 Å². The molecule has 9 heteroatoms. The van der Waals surface area contributed by atoms with E-state index < -0.39 is 0 Å². The van der Waals surface area contributed by atoms with Gasteiger partial charge in [-0.15, -0.1) is 20.4 Å². The van der Waals surface area contributed by atoms with Gasteiger partial charge in [0.2, 0.25) is 16.9 Å². The van der Waals surface area contributed by atoms with Crippen molar-refractivity contribution < 1.29 is 4.42 Å². The molecule has 0 unspecified atom stereocenters. The van der Waals surface area contributed by atoms with Crippen LogP contribution in [0.5, 0.6) is 0 Å². The van der Waals surface area contributed by atoms with Crippen molar-refractivity contribution in [3.63, 3.8) is 0 Å². The second-order valence-corrected chi connectivity index (χ2v) is 6.66. The van der Waals surface area contributed by atoms with Gasteiger partial charge in [0.25, 0.3) is 0 Å². The lowest BCUT2D eigenvalue weighted by atomic mass is 10.2. The molecule has 0 saturated heterocycles. The predicted molar refractivity (Wildman–Crippen MR) is 99.9 cm³/mol. The lowest BCUT2D eigenvalue weighted by Gasteiger charge is -2.04. The van der Waals surface area contributed by atoms with Crippen LogP contribution in [0, 0.1) is 0 Å². The third kappa shape index (κ3) is 3.29. The molecule has 0 aliphatic heterocycles. The Kier molecular flexibility index (Phi) is 4.59. The minimum absolute atomic E-state index is 0.428. The number of nitrogens with two attached hydrogens (primary N) is 1. The molecule has 7 nitrogen and oxygen atoms in total. The first kappa shape index (κ1) is 16.6. The molecule has 2 N–H and O–H groups in total. The fourth-order valence-electron chi connectivity index (χ4n) is 2.34. The van der Waals surface area contributed by atoms with Crippen LogP contribution in [0.4, 0.5) is 0 Å². The molecule has 2 heterocycles. The molecule has 0 aliphatic rings. The van der Waals surface area contributed by atoms with Crippen molar-refractivity contribution >= 4 is 23.4 Å². The number of rotatable bonds is 5. The van der Waals surface area contributed by atoms with E-state index in [1.807, 2.05) is 48.5 Å². The molecule has 0 radical (unpaired) electrons. The molecule has 4 rings (SSSR count). The van der Waals surface area contributed by atoms with Crippen LogP contribution < -0.4 is 5.84 Å². The minimum atomic E-state index is 0.428. The monoisotopic (exact) mass is 384 g/mol. The van der Waals surface area contributed by atoms with Crippen LogP contribution in [0.1, 0.15) is 5.89 Å². The number of nitrogen functional groups attached to an aromatic ring is 1. The Morgan fingerprint density at radius 1 is 0.962 bits per heavy atom. The quantitative estimate of drug-likeness (QED) is 0.414. The van der Waals surface area contributed by atoms with Crippen LogP contribution in [0.2, 0.25) is 5.02 Å². The van der Waals surface area contributed by atoms with Crippen molar-refractivity contribution in [1.29, 1.82) is 0 Å². The highest BCUT2D eigenvalue weighted by Crippen LogP contribution is 2.29. The molecule has 2 aromatic heterocycles. The van der Waals surface area contributed by atoms with E-state index in [1.54, 1.807) is 6.07 Å². The van der Waals surface area contributed by atoms with Gasteiger partial charge in [-0.05, 0) is 24.3 Å². The van der Waals surface area contributed by atoms with Crippen molar-refractivity contribution in [2.45, 2.75) is 10.9 Å². The molecule has 26 heavy (non-hydrogen) atoms. The lowest BCUT2D eigenvalue weighted by molar-refractivity contribution is 0.528. The van der Waals surface area contributed by atoms with Crippen molar-refractivity contribution in [1.82, 2.24) is 25.1 Å². The summed E-state index contributed by atoms with van der Waals surface area (Å²) in [6.07, 6.45) is 0. The summed E-state index contributed by atoms with van der Waals surface area (Å²) in [6.45, 7) is 0. The van der Waals surface area contributed by atoms with E-state index in [4.69, 9.17) is 21.9 Å². The summed E-state index contributed by atoms with van der Waals surface area (Å²) < 4.78 is 7.08. The van der Waals surface area contributed by atoms with Gasteiger partial charge in [0, 0.05) is 11.1 Å². The highest BCUT2D eigenvalue weighted by Gasteiger charge is 2.16. The van der Waals surface area contributed by atoms with Crippen LogP contribution in [-0.4, -0.2) is 25.1 Å². The average Bonchev–Trinajstić information content (AvgIpc) is 3.28. The van der Waals surface area contributed by atoms with E-state index in [2.05, 4.69) is 20.4 Å². The highest BCUT2D eigenvalue weighted by molar-refractivity contribution is 7.98. The summed E-state index contributed by atoms with van der Waals surface area (Å²) in [7, 11) is 0. The first-order valence-electron chi connectivity index (χ1n) is 7.68. The fraction of sp³-hybridized carbons (Fsp3) is 0.0588. The van der Waals surface area contributed by atoms with Gasteiger partial charge < -0.3 is 10.3 Å². The number of hydrogen-bond donors (Lipinski definition) is 1. The smallest absolute Gasteiger partial charge is 0.247 e. The van der Waals surface area contributed by atoms with E-state index in [0.717, 1.165) is 11.1 Å². The van der Waals surface area contributed by atoms with Gasteiger partial charge in [-0.1, -0.05) is 53.7 Å². The average molecular weight is 385 g/mol. The van der Waals surface area contributed by atoms with Gasteiger partial charge in [0.15, 0.2) is 5.82 Å². The molecule has 0 fully saturated rings. The van der Waals surface area contributed by atoms with Crippen LogP contribution in [0.25, 0.3) is 22.8 Å². The summed E-state index contributed by atoms with van der Waals surface area (Å²) in [5.41, 5.74) is 1.60. The first-order chi connectivity index (χ1) is 12.7. The molecule has 0 amide bonds. The van der Waals surface area contributed by atoms with E-state index >= 15 is 0 Å². The Morgan fingerprint density at radius 2 is 1.73 bits per heavy atom. The van der Waals surface area contributed by atoms with Crippen molar-refractivity contribution in [2.75, 3.05) is 5.84 Å². The van der Waals surface area contributed by atoms with Gasteiger partial charge in [-0.3, -0.25) is 0 Å². The van der Waals surface area contributed by atoms with E-state index in [-0.39, 0.29) is 0 Å². The molecule has 0 saturated carbocycles. The zero-order valence-electron chi connectivity index (χ0n) is 13.4. The number of aromatic nitrogens is 5. The molecule has 4 aromatic rings. The van der Waals surface area contributed by atoms with E-state index in [0.29, 0.717) is 33.5 Å². The Balaban J connectivity index is 1.50. The molecule has 2 aromatic carbocycles. The summed E-state index contributed by atoms with van der Waals surface area (Å²) >= 11 is 7.55. The first-order valence-corrected chi connectivity index (χ1v) is 9.05. The maximum absolute atomic E-state index is 6.20. The van der Waals surface area contributed by atoms with Gasteiger partial charge in [-0.2, -0.15) is 0 Å². The Bertz CT molecular complexity index is 1030. The third-order valence-corrected chi connectivity index (χ3v) is 4.85. The van der Waals surface area contributed by atoms with Crippen molar-refractivity contribution in [3.8, 4) is 22.8 Å². The van der Waals surface area contributed by atoms with Crippen molar-refractivity contribution in [2.24, 2.45) is 0 Å². The second-order valence-electron chi connectivity index (χ2n) is 5.31. The Hall–Kier alpha value is -2.84. The number of hydrogen-bond acceptors (Lipinski definition) is 7. The number of nitrogens with zero attached hydrogens (tertiary/aromatic N) is 5. The molecule has 130 valence electrons. The van der Waals surface area contributed by atoms with Crippen LogP contribution in [-0.2, 0) is 5.75 Å². The number of halogens is 1. The zero-order chi connectivity index (χ0) is 17.9. The van der Waals surface area contributed by atoms with E-state index in [1.165, 1.54) is 16.4 Å². The SMILES string of the molecule is Nn1c(SCc2nnc(-c3ccccc3)o2)nnc1-c1ccccc1Cl. The topological polar surface area (TPSA) is 95.7 Å². The van der Waals surface area contributed by atoms with Crippen LogP contribution >= 0.6 is 23.4 Å². The van der Waals surface area contributed by atoms with Gasteiger partial charge >= 0.3 is 0 Å². The zero-order valence-corrected chi connectivity index (χ0v) is 15.0. The molecule has 0 atom stereocenters. The van der Waals surface area contributed by atoms with Gasteiger partial charge in [0.05, 0.1) is 10.8 Å². The Labute approximate surface area is 158 Å². The van der Waals surface area contributed by atoms with Crippen molar-refractivity contribution in [3.05, 3.63) is 65.5 Å². The highest BCUT2D eigenvalue weighted by atomic mass is 35.5. The molecule has 0 bridgehead atoms. The summed E-state index contributed by atoms with van der Waals surface area (Å²) in [5, 5.41) is 17.5. The largest absolute Gasteiger partial charge is 0.420 e. The summed E-state index contributed by atoms with van der Waals surface area (Å²) in [5.74, 6) is 7.99. The maximum atomic E-state index is 6.20. The maximum Gasteiger partial charge on any atom is 0.247 e. The normalized spacial score (nSPS) is 11.0. The van der Waals surface area contributed by atoms with Gasteiger partial charge in [-0.25, -0.2) is 4.68 Å². The second kappa shape index (κ2) is 7.19. The predicted octanol–water partition coefficient (Wildman–Crippen LogP) is 3.65. The van der Waals surface area contributed by atoms with Crippen LogP contribution in [0.15, 0.2) is 64.2 Å². The van der Waals surface area contributed by atoms with Gasteiger partial charge in [0.1, 0.15) is 0 Å². The fourth-order valence-corrected chi connectivity index (χ4v) is 3.25. The summed E-state index contributed by atoms with van der Waals surface area (Å²) in [6, 6.07) is 16.9. The molecular weight excluding hydrogens is 372 g/mol. The van der Waals surface area contributed by atoms with E-state index in [9.17, 15) is 0 Å². The standard InChI is InChI=1S/C17H13ClN6OS/c18-13-9-5-4-8-12(13)15-21-23-17(24(15)19)26-10-14-20-22-16(25-14)11-6-2-1-3-7-11/h1-9H,10,19H2. The summed E-state index contributed by atoms with van der Waals surface area (Å²) in [4.78, 5) is 0. The molecular formula is C17H13ClN6OS. The lowest BCUT2D eigenvalue weighted by Crippen LogP contribution is -2.11. The molecule has 0 aliphatic carbocycles. The minimum Gasteiger partial charge on any atom is -0.420 e. The molecule has 0 spiro atoms. The Morgan fingerprint density at radius 3 is 2.54 bits per heavy atom. The third-order valence-electron chi connectivity index (χ3n) is 3.59. The number of benzene rings is 2. The number of thioether (sulfide) groups is 1.